The molecule has 1 atom stereocenters. The molecule has 8 nitrogen and oxygen atoms in total. The normalized spacial score (nSPS) is 24.6. The fraction of sp³-hybridized carbons (Fsp3) is 0.533. The molecule has 2 saturated heterocycles. The second kappa shape index (κ2) is 6.35. The molecule has 10 heteroatoms. The van der Waals surface area contributed by atoms with Crippen molar-refractivity contribution in [3.05, 3.63) is 23.8 Å². The number of benzene rings is 1. The van der Waals surface area contributed by atoms with Crippen molar-refractivity contribution in [1.82, 2.24) is 4.31 Å². The summed E-state index contributed by atoms with van der Waals surface area (Å²) in [6.45, 7) is 4.27. The molecule has 0 saturated carbocycles. The SMILES string of the molecule is Cc1cc(N2C(=O)CCS2(=O)=O)ccc1S(=O)(=O)N1CCOC(C)C1. The molecule has 138 valence electrons. The van der Waals surface area contributed by atoms with Crippen LogP contribution in [0.2, 0.25) is 0 Å². The summed E-state index contributed by atoms with van der Waals surface area (Å²) in [5.41, 5.74) is 0.570. The Morgan fingerprint density at radius 2 is 2.00 bits per heavy atom. The molecule has 0 spiro atoms. The Morgan fingerprint density at radius 3 is 2.56 bits per heavy atom. The summed E-state index contributed by atoms with van der Waals surface area (Å²) in [7, 11) is -7.38. The molecule has 0 aliphatic carbocycles. The molecule has 0 radical (unpaired) electrons. The number of amides is 1. The number of nitrogens with zero attached hydrogens (tertiary/aromatic N) is 2. The van der Waals surface area contributed by atoms with Gasteiger partial charge in [0.1, 0.15) is 0 Å². The predicted molar refractivity (Wildman–Crippen MR) is 91.2 cm³/mol. The first-order valence-corrected chi connectivity index (χ1v) is 11.0. The van der Waals surface area contributed by atoms with Gasteiger partial charge in [0.25, 0.3) is 0 Å². The maximum absolute atomic E-state index is 12.8. The number of aryl methyl sites for hydroxylation is 1. The van der Waals surface area contributed by atoms with E-state index in [9.17, 15) is 21.6 Å². The number of rotatable bonds is 3. The first-order chi connectivity index (χ1) is 11.6. The van der Waals surface area contributed by atoms with Gasteiger partial charge in [-0.2, -0.15) is 4.31 Å². The molecule has 0 aromatic heterocycles. The number of ether oxygens (including phenoxy) is 1. The maximum Gasteiger partial charge on any atom is 0.243 e. The summed E-state index contributed by atoms with van der Waals surface area (Å²) in [5, 5.41) is 0. The molecule has 2 aliphatic rings. The molecule has 0 N–H and O–H groups in total. The van der Waals surface area contributed by atoms with E-state index in [1.807, 2.05) is 6.92 Å². The van der Waals surface area contributed by atoms with Crippen LogP contribution in [0.5, 0.6) is 0 Å². The van der Waals surface area contributed by atoms with Crippen LogP contribution < -0.4 is 4.31 Å². The van der Waals surface area contributed by atoms with Gasteiger partial charge in [0, 0.05) is 19.5 Å². The van der Waals surface area contributed by atoms with Gasteiger partial charge in [-0.1, -0.05) is 0 Å². The van der Waals surface area contributed by atoms with Crippen LogP contribution in [0.3, 0.4) is 0 Å². The van der Waals surface area contributed by atoms with Gasteiger partial charge in [0.2, 0.25) is 26.0 Å². The van der Waals surface area contributed by atoms with Crippen LogP contribution in [-0.4, -0.2) is 58.6 Å². The van der Waals surface area contributed by atoms with Crippen molar-refractivity contribution >= 4 is 31.6 Å². The second-order valence-electron chi connectivity index (χ2n) is 6.22. The Kier molecular flexibility index (Phi) is 4.65. The van der Waals surface area contributed by atoms with Crippen molar-refractivity contribution in [3.8, 4) is 0 Å². The van der Waals surface area contributed by atoms with Gasteiger partial charge in [-0.3, -0.25) is 4.79 Å². The van der Waals surface area contributed by atoms with Gasteiger partial charge in [-0.15, -0.1) is 0 Å². The van der Waals surface area contributed by atoms with E-state index in [1.54, 1.807) is 6.92 Å². The number of carbonyl (C=O) groups excluding carboxylic acids is 1. The quantitative estimate of drug-likeness (QED) is 0.746. The third-order valence-corrected chi connectivity index (χ3v) is 8.01. The lowest BCUT2D eigenvalue weighted by molar-refractivity contribution is -0.116. The van der Waals surface area contributed by atoms with E-state index in [0.717, 1.165) is 4.31 Å². The van der Waals surface area contributed by atoms with E-state index in [2.05, 4.69) is 0 Å². The molecule has 2 fully saturated rings. The van der Waals surface area contributed by atoms with Crippen molar-refractivity contribution in [2.24, 2.45) is 0 Å². The molecule has 3 rings (SSSR count). The smallest absolute Gasteiger partial charge is 0.243 e. The van der Waals surface area contributed by atoms with Gasteiger partial charge in [-0.05, 0) is 37.6 Å². The number of sulfonamides is 2. The Morgan fingerprint density at radius 1 is 1.28 bits per heavy atom. The van der Waals surface area contributed by atoms with Crippen LogP contribution >= 0.6 is 0 Å². The largest absolute Gasteiger partial charge is 0.376 e. The fourth-order valence-electron chi connectivity index (χ4n) is 3.06. The van der Waals surface area contributed by atoms with Gasteiger partial charge in [0.05, 0.1) is 29.0 Å². The van der Waals surface area contributed by atoms with Crippen LogP contribution in [0.25, 0.3) is 0 Å². The zero-order chi connectivity index (χ0) is 18.4. The summed E-state index contributed by atoms with van der Waals surface area (Å²) < 4.78 is 57.2. The van der Waals surface area contributed by atoms with E-state index >= 15 is 0 Å². The molecule has 1 aromatic rings. The Bertz CT molecular complexity index is 910. The zero-order valence-corrected chi connectivity index (χ0v) is 15.6. The minimum atomic E-state index is -3.71. The maximum atomic E-state index is 12.8. The average Bonchev–Trinajstić information content (AvgIpc) is 2.80. The Balaban J connectivity index is 1.96. The summed E-state index contributed by atoms with van der Waals surface area (Å²) in [6.07, 6.45) is -0.247. The molecule has 2 heterocycles. The zero-order valence-electron chi connectivity index (χ0n) is 14.0. The van der Waals surface area contributed by atoms with Crippen LogP contribution in [-0.2, 0) is 29.6 Å². The van der Waals surface area contributed by atoms with Crippen LogP contribution in [0.1, 0.15) is 18.9 Å². The first kappa shape index (κ1) is 18.3. The highest BCUT2D eigenvalue weighted by atomic mass is 32.2. The molecule has 1 amide bonds. The van der Waals surface area contributed by atoms with E-state index in [0.29, 0.717) is 12.2 Å². The molecule has 1 unspecified atom stereocenters. The van der Waals surface area contributed by atoms with Crippen LogP contribution in [0.4, 0.5) is 5.69 Å². The van der Waals surface area contributed by atoms with Crippen molar-refractivity contribution in [2.45, 2.75) is 31.3 Å². The van der Waals surface area contributed by atoms with Gasteiger partial charge >= 0.3 is 0 Å². The standard InChI is InChI=1S/C15H20N2O6S2/c1-11-9-13(17-15(18)5-8-24(17,19)20)3-4-14(11)25(21,22)16-6-7-23-12(2)10-16/h3-4,9,12H,5-8,10H2,1-2H3. The van der Waals surface area contributed by atoms with Crippen LogP contribution in [0.15, 0.2) is 23.1 Å². The lowest BCUT2D eigenvalue weighted by Gasteiger charge is -2.30. The van der Waals surface area contributed by atoms with Crippen molar-refractivity contribution in [1.29, 1.82) is 0 Å². The first-order valence-electron chi connectivity index (χ1n) is 7.91. The molecule has 25 heavy (non-hydrogen) atoms. The number of carbonyl (C=O) groups is 1. The minimum Gasteiger partial charge on any atom is -0.376 e. The van der Waals surface area contributed by atoms with Crippen LogP contribution in [0, 0.1) is 6.92 Å². The van der Waals surface area contributed by atoms with E-state index in [-0.39, 0.29) is 42.0 Å². The van der Waals surface area contributed by atoms with Crippen molar-refractivity contribution in [2.75, 3.05) is 29.8 Å². The molecular weight excluding hydrogens is 368 g/mol. The van der Waals surface area contributed by atoms with E-state index < -0.39 is 26.0 Å². The average molecular weight is 388 g/mol. The summed E-state index contributed by atoms with van der Waals surface area (Å²) in [4.78, 5) is 12.0. The Labute approximate surface area is 147 Å². The molecule has 0 bridgehead atoms. The molecule has 1 aromatic carbocycles. The highest BCUT2D eigenvalue weighted by molar-refractivity contribution is 7.94. The predicted octanol–water partition coefficient (Wildman–Crippen LogP) is 0.471. The van der Waals surface area contributed by atoms with Gasteiger partial charge in [-0.25, -0.2) is 21.1 Å². The third-order valence-electron chi connectivity index (χ3n) is 4.29. The second-order valence-corrected chi connectivity index (χ2v) is 10.1. The van der Waals surface area contributed by atoms with Gasteiger partial charge in [0.15, 0.2) is 0 Å². The summed E-state index contributed by atoms with van der Waals surface area (Å²) >= 11 is 0. The minimum absolute atomic E-state index is 0.0624. The molecule has 2 aliphatic heterocycles. The van der Waals surface area contributed by atoms with Gasteiger partial charge < -0.3 is 4.74 Å². The third kappa shape index (κ3) is 3.31. The number of morpholine rings is 1. The van der Waals surface area contributed by atoms with Crippen molar-refractivity contribution in [3.63, 3.8) is 0 Å². The molecular formula is C15H20N2O6S2. The topological polar surface area (TPSA) is 101 Å². The number of hydrogen-bond acceptors (Lipinski definition) is 6. The monoisotopic (exact) mass is 388 g/mol. The van der Waals surface area contributed by atoms with Crippen molar-refractivity contribution < 1.29 is 26.4 Å². The summed E-state index contributed by atoms with van der Waals surface area (Å²) in [6, 6.07) is 4.16. The van der Waals surface area contributed by atoms with E-state index in [1.165, 1.54) is 22.5 Å². The number of anilines is 1. The lowest BCUT2D eigenvalue weighted by atomic mass is 10.2. The fourth-order valence-corrected chi connectivity index (χ4v) is 6.22. The highest BCUT2D eigenvalue weighted by Crippen LogP contribution is 2.30. The summed E-state index contributed by atoms with van der Waals surface area (Å²) in [5.74, 6) is -0.728. The lowest BCUT2D eigenvalue weighted by Crippen LogP contribution is -2.44. The highest BCUT2D eigenvalue weighted by Gasteiger charge is 2.37. The Hall–Kier alpha value is -1.49. The number of hydrogen-bond donors (Lipinski definition) is 0. The van der Waals surface area contributed by atoms with E-state index in [4.69, 9.17) is 4.74 Å².